The number of rotatable bonds is 12. The Morgan fingerprint density at radius 3 is 1.19 bits per heavy atom. The van der Waals surface area contributed by atoms with Crippen LogP contribution < -0.4 is 0 Å². The molecule has 4 rings (SSSR count). The highest BCUT2D eigenvalue weighted by atomic mass is 16.4. The maximum absolute atomic E-state index is 12.5. The minimum absolute atomic E-state index is 0.0305. The highest BCUT2D eigenvalue weighted by Gasteiger charge is 2.36. The Morgan fingerprint density at radius 2 is 0.838 bits per heavy atom. The molecular weight excluding hydrogens is 480 g/mol. The molecule has 10 heteroatoms. The summed E-state index contributed by atoms with van der Waals surface area (Å²) < 4.78 is 0. The summed E-state index contributed by atoms with van der Waals surface area (Å²) in [5.74, 6) is -4.03. The molecular formula is C27H26N2O8. The number of aromatic carboxylic acids is 2. The molecule has 4 amide bonds. The molecule has 0 atom stereocenters. The molecule has 0 fully saturated rings. The van der Waals surface area contributed by atoms with E-state index in [9.17, 15) is 28.8 Å². The van der Waals surface area contributed by atoms with Crippen molar-refractivity contribution in [1.29, 1.82) is 0 Å². The number of hydrogen-bond acceptors (Lipinski definition) is 6. The second-order valence-corrected chi connectivity index (χ2v) is 9.13. The molecule has 2 aromatic rings. The van der Waals surface area contributed by atoms with Gasteiger partial charge in [0.05, 0.1) is 33.4 Å². The number of unbranched alkanes of at least 4 members (excludes halogenated alkanes) is 6. The summed E-state index contributed by atoms with van der Waals surface area (Å²) in [4.78, 5) is 74.6. The van der Waals surface area contributed by atoms with Crippen molar-refractivity contribution in [2.45, 2.75) is 44.9 Å². The van der Waals surface area contributed by atoms with Gasteiger partial charge in [0.1, 0.15) is 0 Å². The molecule has 10 nitrogen and oxygen atoms in total. The lowest BCUT2D eigenvalue weighted by Crippen LogP contribution is -2.30. The molecule has 0 unspecified atom stereocenters. The monoisotopic (exact) mass is 506 g/mol. The number of carboxylic acids is 2. The van der Waals surface area contributed by atoms with E-state index in [4.69, 9.17) is 10.2 Å². The molecule has 0 aliphatic carbocycles. The Kier molecular flexibility index (Phi) is 7.47. The van der Waals surface area contributed by atoms with E-state index in [2.05, 4.69) is 0 Å². The van der Waals surface area contributed by atoms with Gasteiger partial charge >= 0.3 is 11.9 Å². The number of carbonyl (C=O) groups is 6. The van der Waals surface area contributed by atoms with Gasteiger partial charge in [0.15, 0.2) is 0 Å². The van der Waals surface area contributed by atoms with Crippen LogP contribution in [-0.2, 0) is 0 Å². The van der Waals surface area contributed by atoms with Crippen LogP contribution in [0.25, 0.3) is 0 Å². The highest BCUT2D eigenvalue weighted by molar-refractivity contribution is 6.22. The van der Waals surface area contributed by atoms with Crippen LogP contribution in [0.3, 0.4) is 0 Å². The minimum Gasteiger partial charge on any atom is -0.478 e. The lowest BCUT2D eigenvalue weighted by atomic mass is 10.1. The largest absolute Gasteiger partial charge is 0.478 e. The van der Waals surface area contributed by atoms with Gasteiger partial charge in [0.2, 0.25) is 0 Å². The van der Waals surface area contributed by atoms with Gasteiger partial charge < -0.3 is 10.2 Å². The molecule has 0 radical (unpaired) electrons. The first-order chi connectivity index (χ1) is 17.7. The maximum atomic E-state index is 12.5. The van der Waals surface area contributed by atoms with Gasteiger partial charge in [-0.1, -0.05) is 32.1 Å². The second-order valence-electron chi connectivity index (χ2n) is 9.13. The second kappa shape index (κ2) is 10.7. The molecule has 0 aromatic heterocycles. The molecule has 2 aliphatic heterocycles. The van der Waals surface area contributed by atoms with Gasteiger partial charge in [0.25, 0.3) is 23.6 Å². The Labute approximate surface area is 212 Å². The molecule has 0 spiro atoms. The van der Waals surface area contributed by atoms with Crippen LogP contribution in [0.2, 0.25) is 0 Å². The average Bonchev–Trinajstić information content (AvgIpc) is 3.26. The summed E-state index contributed by atoms with van der Waals surface area (Å²) in [6, 6.07) is 7.89. The summed E-state index contributed by atoms with van der Waals surface area (Å²) >= 11 is 0. The molecule has 2 aliphatic rings. The summed E-state index contributed by atoms with van der Waals surface area (Å²) in [7, 11) is 0. The third-order valence-electron chi connectivity index (χ3n) is 6.70. The Hall–Kier alpha value is -4.34. The number of hydrogen-bond donors (Lipinski definition) is 2. The zero-order valence-electron chi connectivity index (χ0n) is 20.1. The van der Waals surface area contributed by atoms with E-state index in [-0.39, 0.29) is 46.5 Å². The van der Waals surface area contributed by atoms with Crippen LogP contribution in [0.4, 0.5) is 0 Å². The summed E-state index contributed by atoms with van der Waals surface area (Å²) in [6.45, 7) is 0.552. The molecule has 0 saturated heterocycles. The van der Waals surface area contributed by atoms with E-state index in [1.165, 1.54) is 36.4 Å². The molecule has 2 heterocycles. The van der Waals surface area contributed by atoms with Gasteiger partial charge in [-0.15, -0.1) is 0 Å². The van der Waals surface area contributed by atoms with Crippen LogP contribution >= 0.6 is 0 Å². The van der Waals surface area contributed by atoms with E-state index >= 15 is 0 Å². The van der Waals surface area contributed by atoms with Crippen molar-refractivity contribution < 1.29 is 39.0 Å². The lowest BCUT2D eigenvalue weighted by Gasteiger charge is -2.14. The fraction of sp³-hybridized carbons (Fsp3) is 0.333. The fourth-order valence-corrected chi connectivity index (χ4v) is 4.68. The molecule has 192 valence electrons. The fourth-order valence-electron chi connectivity index (χ4n) is 4.68. The molecule has 2 aromatic carbocycles. The van der Waals surface area contributed by atoms with Crippen LogP contribution in [0, 0.1) is 0 Å². The number of carboxylic acid groups (broad SMARTS) is 2. The SMILES string of the molecule is O=C(O)c1ccc2c(c1)C(=O)N(CCCCCCCCCN1C(=O)c3ccc(C(=O)O)cc3C1=O)C2=O. The number of imide groups is 2. The first-order valence-corrected chi connectivity index (χ1v) is 12.2. The minimum atomic E-state index is -1.15. The van der Waals surface area contributed by atoms with Gasteiger partial charge in [-0.3, -0.25) is 29.0 Å². The van der Waals surface area contributed by atoms with Gasteiger partial charge in [-0.05, 0) is 49.2 Å². The highest BCUT2D eigenvalue weighted by Crippen LogP contribution is 2.26. The molecule has 0 saturated carbocycles. The lowest BCUT2D eigenvalue weighted by molar-refractivity contribution is 0.0636. The van der Waals surface area contributed by atoms with Gasteiger partial charge in [-0.25, -0.2) is 9.59 Å². The van der Waals surface area contributed by atoms with Gasteiger partial charge in [0, 0.05) is 13.1 Å². The van der Waals surface area contributed by atoms with E-state index < -0.39 is 35.6 Å². The van der Waals surface area contributed by atoms with Gasteiger partial charge in [-0.2, -0.15) is 0 Å². The van der Waals surface area contributed by atoms with Crippen LogP contribution in [0.5, 0.6) is 0 Å². The zero-order valence-corrected chi connectivity index (χ0v) is 20.1. The normalized spacial score (nSPS) is 14.4. The van der Waals surface area contributed by atoms with Crippen LogP contribution in [-0.4, -0.2) is 68.7 Å². The standard InChI is InChI=1S/C27H26N2O8/c30-22-18-10-8-16(26(34)35)14-20(18)24(32)28(22)12-6-4-2-1-3-5-7-13-29-23(31)19-11-9-17(27(36)37)15-21(19)25(29)33/h8-11,14-15H,1-7,12-13H2,(H,34,35)(H,36,37). The maximum Gasteiger partial charge on any atom is 0.335 e. The van der Waals surface area contributed by atoms with E-state index in [1.807, 2.05) is 0 Å². The average molecular weight is 507 g/mol. The first kappa shape index (κ1) is 25.7. The quantitative estimate of drug-likeness (QED) is 0.327. The topological polar surface area (TPSA) is 149 Å². The van der Waals surface area contributed by atoms with Crippen molar-refractivity contribution in [3.63, 3.8) is 0 Å². The Balaban J connectivity index is 1.13. The van der Waals surface area contributed by atoms with Crippen LogP contribution in [0.1, 0.15) is 107 Å². The van der Waals surface area contributed by atoms with Crippen LogP contribution in [0.15, 0.2) is 36.4 Å². The summed E-state index contributed by atoms with van der Waals surface area (Å²) in [6.07, 6.45) is 5.65. The number of benzene rings is 2. The number of nitrogens with zero attached hydrogens (tertiary/aromatic N) is 2. The Morgan fingerprint density at radius 1 is 0.514 bits per heavy atom. The third kappa shape index (κ3) is 5.13. The smallest absolute Gasteiger partial charge is 0.335 e. The van der Waals surface area contributed by atoms with Crippen molar-refractivity contribution in [3.05, 3.63) is 69.8 Å². The molecule has 0 bridgehead atoms. The zero-order chi connectivity index (χ0) is 26.7. The van der Waals surface area contributed by atoms with Crippen molar-refractivity contribution in [3.8, 4) is 0 Å². The van der Waals surface area contributed by atoms with E-state index in [1.54, 1.807) is 0 Å². The Bertz CT molecular complexity index is 1220. The third-order valence-corrected chi connectivity index (χ3v) is 6.70. The van der Waals surface area contributed by atoms with Crippen molar-refractivity contribution in [2.24, 2.45) is 0 Å². The molecule has 2 N–H and O–H groups in total. The van der Waals surface area contributed by atoms with E-state index in [0.717, 1.165) is 41.9 Å². The number of fused-ring (bicyclic) bond motifs is 2. The van der Waals surface area contributed by atoms with Crippen molar-refractivity contribution in [2.75, 3.05) is 13.1 Å². The van der Waals surface area contributed by atoms with Crippen molar-refractivity contribution in [1.82, 2.24) is 9.80 Å². The number of amides is 4. The molecule has 37 heavy (non-hydrogen) atoms. The summed E-state index contributed by atoms with van der Waals surface area (Å²) in [5.41, 5.74) is 0.663. The van der Waals surface area contributed by atoms with Crippen molar-refractivity contribution >= 4 is 35.6 Å². The predicted octanol–water partition coefficient (Wildman–Crippen LogP) is 3.71. The predicted molar refractivity (Wildman–Crippen MR) is 130 cm³/mol. The van der Waals surface area contributed by atoms with E-state index in [0.29, 0.717) is 12.8 Å². The number of carbonyl (C=O) groups excluding carboxylic acids is 4. The summed E-state index contributed by atoms with van der Waals surface area (Å²) in [5, 5.41) is 18.2. The first-order valence-electron chi connectivity index (χ1n) is 12.2.